The molecule has 3 atom stereocenters. The van der Waals surface area contributed by atoms with E-state index < -0.39 is 23.6 Å². The molecule has 1 fully saturated rings. The number of nitrogens with zero attached hydrogens (tertiary/aromatic N) is 1. The van der Waals surface area contributed by atoms with Crippen molar-refractivity contribution in [3.63, 3.8) is 0 Å². The second kappa shape index (κ2) is 5.05. The number of ether oxygens (including phenoxy) is 1. The lowest BCUT2D eigenvalue weighted by Crippen LogP contribution is -2.35. The van der Waals surface area contributed by atoms with Crippen LogP contribution in [0.25, 0.3) is 0 Å². The second-order valence-electron chi connectivity index (χ2n) is 4.49. The van der Waals surface area contributed by atoms with Crippen molar-refractivity contribution in [1.82, 2.24) is 9.55 Å². The summed E-state index contributed by atoms with van der Waals surface area (Å²) in [6.45, 7) is 1.27. The van der Waals surface area contributed by atoms with Crippen LogP contribution in [0.1, 0.15) is 18.2 Å². The van der Waals surface area contributed by atoms with Gasteiger partial charge in [-0.25, -0.2) is 4.79 Å². The third kappa shape index (κ3) is 2.24. The lowest BCUT2D eigenvalue weighted by Gasteiger charge is -2.19. The first-order valence-corrected chi connectivity index (χ1v) is 5.76. The van der Waals surface area contributed by atoms with E-state index >= 15 is 0 Å². The monoisotopic (exact) mass is 256 g/mol. The summed E-state index contributed by atoms with van der Waals surface area (Å²) in [4.78, 5) is 25.2. The second-order valence-corrected chi connectivity index (χ2v) is 4.49. The Morgan fingerprint density at radius 3 is 2.78 bits per heavy atom. The lowest BCUT2D eigenvalue weighted by molar-refractivity contribution is -0.0408. The van der Waals surface area contributed by atoms with Crippen LogP contribution in [-0.2, 0) is 4.74 Å². The predicted octanol–water partition coefficient (Wildman–Crippen LogP) is -1.27. The molecule has 1 saturated heterocycles. The van der Waals surface area contributed by atoms with E-state index in [1.807, 2.05) is 0 Å². The first kappa shape index (κ1) is 13.0. The predicted molar refractivity (Wildman–Crippen MR) is 62.2 cm³/mol. The van der Waals surface area contributed by atoms with Gasteiger partial charge in [-0.15, -0.1) is 0 Å². The van der Waals surface area contributed by atoms with Crippen LogP contribution in [0, 0.1) is 12.8 Å². The van der Waals surface area contributed by atoms with E-state index in [2.05, 4.69) is 4.98 Å². The standard InChI is InChI=1S/C11H16N2O5/c1-6-3-13(11(17)12-9(6)16)10-7(4-14)2-8(5-15)18-10/h3,7-8,10,14-15H,2,4-5H2,1H3,(H,12,16,17)/t7-,8-,10+/m0/s1. The molecule has 7 nitrogen and oxygen atoms in total. The van der Waals surface area contributed by atoms with Crippen LogP contribution >= 0.6 is 0 Å². The summed E-state index contributed by atoms with van der Waals surface area (Å²) in [6, 6.07) is 0. The molecule has 0 radical (unpaired) electrons. The molecule has 0 saturated carbocycles. The van der Waals surface area contributed by atoms with Crippen LogP contribution in [0.15, 0.2) is 15.8 Å². The average Bonchev–Trinajstić information content (AvgIpc) is 2.77. The minimum atomic E-state index is -0.657. The van der Waals surface area contributed by atoms with Gasteiger partial charge in [-0.2, -0.15) is 0 Å². The van der Waals surface area contributed by atoms with E-state index in [0.29, 0.717) is 12.0 Å². The number of aromatic amines is 1. The number of aromatic nitrogens is 2. The largest absolute Gasteiger partial charge is 0.396 e. The SMILES string of the molecule is Cc1cn([C@@H]2O[C@H](CO)C[C@H]2CO)c(=O)[nH]c1=O. The zero-order valence-corrected chi connectivity index (χ0v) is 10.00. The molecule has 1 aliphatic heterocycles. The Hall–Kier alpha value is -1.44. The number of rotatable bonds is 3. The highest BCUT2D eigenvalue weighted by molar-refractivity contribution is 5.02. The van der Waals surface area contributed by atoms with Gasteiger partial charge in [0, 0.05) is 17.7 Å². The highest BCUT2D eigenvalue weighted by atomic mass is 16.5. The van der Waals surface area contributed by atoms with Gasteiger partial charge in [0.2, 0.25) is 0 Å². The first-order valence-electron chi connectivity index (χ1n) is 5.76. The summed E-state index contributed by atoms with van der Waals surface area (Å²) in [6.07, 6.45) is 0.831. The molecule has 0 aromatic carbocycles. The summed E-state index contributed by atoms with van der Waals surface area (Å²) in [5.74, 6) is -0.273. The van der Waals surface area contributed by atoms with Crippen molar-refractivity contribution >= 4 is 0 Å². The molecular weight excluding hydrogens is 240 g/mol. The van der Waals surface area contributed by atoms with E-state index in [1.54, 1.807) is 6.92 Å². The maximum absolute atomic E-state index is 11.7. The van der Waals surface area contributed by atoms with Crippen LogP contribution in [0.2, 0.25) is 0 Å². The normalized spacial score (nSPS) is 27.6. The van der Waals surface area contributed by atoms with Crippen LogP contribution < -0.4 is 11.2 Å². The van der Waals surface area contributed by atoms with E-state index in [-0.39, 0.29) is 19.1 Å². The van der Waals surface area contributed by atoms with Crippen LogP contribution in [0.4, 0.5) is 0 Å². The fraction of sp³-hybridized carbons (Fsp3) is 0.636. The van der Waals surface area contributed by atoms with Crippen molar-refractivity contribution < 1.29 is 14.9 Å². The smallest absolute Gasteiger partial charge is 0.330 e. The van der Waals surface area contributed by atoms with Crippen LogP contribution in [0.5, 0.6) is 0 Å². The van der Waals surface area contributed by atoms with Gasteiger partial charge in [0.15, 0.2) is 0 Å². The summed E-state index contributed by atoms with van der Waals surface area (Å²) >= 11 is 0. The van der Waals surface area contributed by atoms with Crippen molar-refractivity contribution in [1.29, 1.82) is 0 Å². The topological polar surface area (TPSA) is 105 Å². The first-order chi connectivity index (χ1) is 8.56. The summed E-state index contributed by atoms with van der Waals surface area (Å²) in [7, 11) is 0. The maximum atomic E-state index is 11.7. The summed E-state index contributed by atoms with van der Waals surface area (Å²) in [5, 5.41) is 18.3. The Balaban J connectivity index is 2.39. The van der Waals surface area contributed by atoms with Gasteiger partial charge in [0.05, 0.1) is 19.3 Å². The third-order valence-corrected chi connectivity index (χ3v) is 3.16. The molecule has 2 rings (SSSR count). The van der Waals surface area contributed by atoms with Gasteiger partial charge in [-0.1, -0.05) is 0 Å². The molecule has 1 aromatic rings. The van der Waals surface area contributed by atoms with E-state index in [4.69, 9.17) is 9.84 Å². The van der Waals surface area contributed by atoms with Crippen molar-refractivity contribution in [2.45, 2.75) is 25.7 Å². The van der Waals surface area contributed by atoms with Crippen LogP contribution in [0.3, 0.4) is 0 Å². The Bertz CT molecular complexity index is 535. The van der Waals surface area contributed by atoms with Gasteiger partial charge in [0.25, 0.3) is 5.56 Å². The molecule has 100 valence electrons. The molecule has 0 aliphatic carbocycles. The number of aryl methyl sites for hydroxylation is 1. The Morgan fingerprint density at radius 2 is 2.17 bits per heavy atom. The molecule has 0 bridgehead atoms. The minimum Gasteiger partial charge on any atom is -0.396 e. The lowest BCUT2D eigenvalue weighted by atomic mass is 10.0. The zero-order valence-electron chi connectivity index (χ0n) is 10.00. The van der Waals surface area contributed by atoms with Crippen molar-refractivity contribution in [3.8, 4) is 0 Å². The van der Waals surface area contributed by atoms with E-state index in [0.717, 1.165) is 0 Å². The van der Waals surface area contributed by atoms with Gasteiger partial charge in [-0.05, 0) is 13.3 Å². The summed E-state index contributed by atoms with van der Waals surface area (Å²) < 4.78 is 6.76. The Morgan fingerprint density at radius 1 is 1.44 bits per heavy atom. The molecule has 3 N–H and O–H groups in total. The molecule has 1 aromatic heterocycles. The number of aliphatic hydroxyl groups is 2. The van der Waals surface area contributed by atoms with Crippen molar-refractivity contribution in [2.75, 3.05) is 13.2 Å². The molecule has 7 heteroatoms. The van der Waals surface area contributed by atoms with Gasteiger partial charge < -0.3 is 14.9 Å². The highest BCUT2D eigenvalue weighted by Crippen LogP contribution is 2.32. The zero-order chi connectivity index (χ0) is 13.3. The molecule has 0 spiro atoms. The Kier molecular flexibility index (Phi) is 3.65. The minimum absolute atomic E-state index is 0.147. The molecule has 2 heterocycles. The fourth-order valence-electron chi connectivity index (χ4n) is 2.17. The maximum Gasteiger partial charge on any atom is 0.330 e. The number of hydrogen-bond donors (Lipinski definition) is 3. The highest BCUT2D eigenvalue weighted by Gasteiger charge is 2.36. The molecular formula is C11H16N2O5. The van der Waals surface area contributed by atoms with E-state index in [9.17, 15) is 14.7 Å². The number of H-pyrrole nitrogens is 1. The quantitative estimate of drug-likeness (QED) is 0.625. The van der Waals surface area contributed by atoms with Gasteiger partial charge in [0.1, 0.15) is 6.23 Å². The van der Waals surface area contributed by atoms with Gasteiger partial charge in [-0.3, -0.25) is 14.3 Å². The number of hydrogen-bond acceptors (Lipinski definition) is 5. The van der Waals surface area contributed by atoms with Crippen molar-refractivity contribution in [3.05, 3.63) is 32.6 Å². The van der Waals surface area contributed by atoms with Gasteiger partial charge >= 0.3 is 5.69 Å². The fourth-order valence-corrected chi connectivity index (χ4v) is 2.17. The molecule has 0 amide bonds. The Labute approximate surface area is 103 Å². The molecule has 0 unspecified atom stereocenters. The summed E-state index contributed by atoms with van der Waals surface area (Å²) in [5.41, 5.74) is -0.622. The molecule has 1 aliphatic rings. The average molecular weight is 256 g/mol. The van der Waals surface area contributed by atoms with Crippen LogP contribution in [-0.4, -0.2) is 39.1 Å². The number of nitrogens with one attached hydrogen (secondary N) is 1. The third-order valence-electron chi connectivity index (χ3n) is 3.16. The molecule has 18 heavy (non-hydrogen) atoms. The number of aliphatic hydroxyl groups excluding tert-OH is 2. The van der Waals surface area contributed by atoms with Crippen molar-refractivity contribution in [2.24, 2.45) is 5.92 Å². The van der Waals surface area contributed by atoms with E-state index in [1.165, 1.54) is 10.8 Å².